The van der Waals surface area contributed by atoms with Crippen molar-refractivity contribution in [2.45, 2.75) is 25.6 Å². The largest absolute Gasteiger partial charge is 0.495 e. The topological polar surface area (TPSA) is 55.5 Å². The van der Waals surface area contributed by atoms with Gasteiger partial charge >= 0.3 is 0 Å². The van der Waals surface area contributed by atoms with Gasteiger partial charge in [-0.1, -0.05) is 18.2 Å². The molecule has 1 atom stereocenters. The maximum absolute atomic E-state index is 12.6. The van der Waals surface area contributed by atoms with Gasteiger partial charge in [0, 0.05) is 20.6 Å². The fourth-order valence-corrected chi connectivity index (χ4v) is 4.82. The highest BCUT2D eigenvalue weighted by atomic mass is 32.1. The van der Waals surface area contributed by atoms with Gasteiger partial charge in [-0.2, -0.15) is 0 Å². The molecule has 1 aliphatic heterocycles. The van der Waals surface area contributed by atoms with Crippen LogP contribution in [0.25, 0.3) is 16.4 Å². The van der Waals surface area contributed by atoms with Crippen molar-refractivity contribution in [2.24, 2.45) is 0 Å². The molecule has 158 valence electrons. The number of likely N-dealkylation sites (tertiary alicyclic amines) is 1. The molecule has 1 unspecified atom stereocenters. The minimum atomic E-state index is -0.136. The number of thiophene rings is 1. The minimum absolute atomic E-state index is 0.127. The fraction of sp³-hybridized carbons (Fsp3) is 0.381. The molecule has 30 heavy (non-hydrogen) atoms. The Bertz CT molecular complexity index is 1090. The van der Waals surface area contributed by atoms with Crippen molar-refractivity contribution >= 4 is 29.5 Å². The van der Waals surface area contributed by atoms with Gasteiger partial charge in [-0.05, 0) is 48.6 Å². The van der Waals surface area contributed by atoms with E-state index in [-0.39, 0.29) is 11.9 Å². The number of para-hydroxylation sites is 2. The summed E-state index contributed by atoms with van der Waals surface area (Å²) < 4.78 is 9.93. The molecule has 3 aromatic rings. The van der Waals surface area contributed by atoms with Gasteiger partial charge in [0.25, 0.3) is 0 Å². The highest BCUT2D eigenvalue weighted by molar-refractivity contribution is 7.71. The molecule has 0 aliphatic carbocycles. The van der Waals surface area contributed by atoms with E-state index < -0.39 is 0 Å². The van der Waals surface area contributed by atoms with Crippen LogP contribution in [-0.4, -0.2) is 63.8 Å². The summed E-state index contributed by atoms with van der Waals surface area (Å²) in [6.45, 7) is 1.32. The first kappa shape index (κ1) is 20.8. The zero-order valence-corrected chi connectivity index (χ0v) is 18.9. The SMILES string of the molecule is COc1ccccc1-n1c(-c2cccs2)nn(CN2CCCC2C(=O)N(C)C)c1=S. The van der Waals surface area contributed by atoms with E-state index in [4.69, 9.17) is 22.1 Å². The van der Waals surface area contributed by atoms with Crippen LogP contribution in [0.15, 0.2) is 41.8 Å². The van der Waals surface area contributed by atoms with E-state index in [9.17, 15) is 4.79 Å². The molecule has 4 rings (SSSR count). The molecule has 7 nitrogen and oxygen atoms in total. The van der Waals surface area contributed by atoms with Crippen LogP contribution in [0.1, 0.15) is 12.8 Å². The van der Waals surface area contributed by atoms with Gasteiger partial charge in [0.15, 0.2) is 5.82 Å². The molecule has 1 amide bonds. The molecular formula is C21H25N5O2S2. The molecule has 3 heterocycles. The number of hydrogen-bond donors (Lipinski definition) is 0. The van der Waals surface area contributed by atoms with Gasteiger partial charge in [-0.15, -0.1) is 16.4 Å². The minimum Gasteiger partial charge on any atom is -0.495 e. The number of rotatable bonds is 6. The Balaban J connectivity index is 1.77. The summed E-state index contributed by atoms with van der Waals surface area (Å²) in [6, 6.07) is 11.7. The van der Waals surface area contributed by atoms with Crippen molar-refractivity contribution in [3.8, 4) is 22.1 Å². The van der Waals surface area contributed by atoms with Crippen LogP contribution >= 0.6 is 23.6 Å². The number of likely N-dealkylation sites (N-methyl/N-ethyl adjacent to an activating group) is 1. The smallest absolute Gasteiger partial charge is 0.239 e. The second-order valence-corrected chi connectivity index (χ2v) is 8.75. The number of aromatic nitrogens is 3. The zero-order chi connectivity index (χ0) is 21.3. The number of methoxy groups -OCH3 is 1. The van der Waals surface area contributed by atoms with Gasteiger partial charge in [0.2, 0.25) is 10.7 Å². The first-order valence-corrected chi connectivity index (χ1v) is 11.1. The van der Waals surface area contributed by atoms with E-state index in [0.29, 0.717) is 11.4 Å². The molecule has 1 fully saturated rings. The molecule has 0 spiro atoms. The summed E-state index contributed by atoms with van der Waals surface area (Å²) in [4.78, 5) is 17.4. The molecular weight excluding hydrogens is 418 g/mol. The Morgan fingerprint density at radius 2 is 2.10 bits per heavy atom. The maximum atomic E-state index is 12.6. The quantitative estimate of drug-likeness (QED) is 0.545. The Labute approximate surface area is 185 Å². The molecule has 1 saturated heterocycles. The van der Waals surface area contributed by atoms with Crippen molar-refractivity contribution in [1.29, 1.82) is 0 Å². The lowest BCUT2D eigenvalue weighted by atomic mass is 10.2. The molecule has 0 radical (unpaired) electrons. The summed E-state index contributed by atoms with van der Waals surface area (Å²) in [5.41, 5.74) is 0.849. The summed E-state index contributed by atoms with van der Waals surface area (Å²) in [6.07, 6.45) is 1.85. The number of hydrogen-bond acceptors (Lipinski definition) is 6. The predicted molar refractivity (Wildman–Crippen MR) is 121 cm³/mol. The molecule has 2 aromatic heterocycles. The summed E-state index contributed by atoms with van der Waals surface area (Å²) in [7, 11) is 5.25. The Morgan fingerprint density at radius 3 is 2.80 bits per heavy atom. The van der Waals surface area contributed by atoms with Crippen LogP contribution in [-0.2, 0) is 11.5 Å². The van der Waals surface area contributed by atoms with Gasteiger partial charge in [0.05, 0.1) is 30.4 Å². The highest BCUT2D eigenvalue weighted by Gasteiger charge is 2.32. The highest BCUT2D eigenvalue weighted by Crippen LogP contribution is 2.31. The van der Waals surface area contributed by atoms with Gasteiger partial charge in [-0.3, -0.25) is 14.3 Å². The number of carbonyl (C=O) groups is 1. The van der Waals surface area contributed by atoms with E-state index in [1.165, 1.54) is 0 Å². The van der Waals surface area contributed by atoms with E-state index >= 15 is 0 Å². The number of amides is 1. The number of carbonyl (C=O) groups excluding carboxylic acids is 1. The number of nitrogens with zero attached hydrogens (tertiary/aromatic N) is 5. The standard InChI is InChI=1S/C21H25N5O2S2/c1-23(2)20(27)16-9-6-12-24(16)14-25-21(29)26(15-8-4-5-10-17(15)28-3)19(22-25)18-11-7-13-30-18/h4-5,7-8,10-11,13,16H,6,9,12,14H2,1-3H3. The third-order valence-corrected chi connectivity index (χ3v) is 6.57. The first-order chi connectivity index (χ1) is 14.5. The summed E-state index contributed by atoms with van der Waals surface area (Å²) in [5, 5.41) is 6.89. The molecule has 0 saturated carbocycles. The average Bonchev–Trinajstić information content (AvgIpc) is 3.49. The fourth-order valence-electron chi connectivity index (χ4n) is 3.84. The average molecular weight is 444 g/mol. The van der Waals surface area contributed by atoms with Crippen molar-refractivity contribution < 1.29 is 9.53 Å². The third-order valence-electron chi connectivity index (χ3n) is 5.31. The third kappa shape index (κ3) is 3.80. The summed E-state index contributed by atoms with van der Waals surface area (Å²) >= 11 is 7.47. The Hall–Kier alpha value is -2.49. The first-order valence-electron chi connectivity index (χ1n) is 9.83. The number of ether oxygens (including phenoxy) is 1. The van der Waals surface area contributed by atoms with Crippen LogP contribution in [0.4, 0.5) is 0 Å². The van der Waals surface area contributed by atoms with Gasteiger partial charge < -0.3 is 9.64 Å². The Kier molecular flexibility index (Phi) is 6.03. The second-order valence-electron chi connectivity index (χ2n) is 7.43. The van der Waals surface area contributed by atoms with Crippen molar-refractivity contribution in [3.63, 3.8) is 0 Å². The zero-order valence-electron chi connectivity index (χ0n) is 17.3. The molecule has 0 N–H and O–H groups in total. The van der Waals surface area contributed by atoms with Crippen LogP contribution in [0.2, 0.25) is 0 Å². The van der Waals surface area contributed by atoms with Crippen LogP contribution in [0.3, 0.4) is 0 Å². The van der Waals surface area contributed by atoms with Crippen molar-refractivity contribution in [2.75, 3.05) is 27.7 Å². The monoisotopic (exact) mass is 443 g/mol. The lowest BCUT2D eigenvalue weighted by Gasteiger charge is -2.25. The van der Waals surface area contributed by atoms with Gasteiger partial charge in [-0.25, -0.2) is 4.68 Å². The van der Waals surface area contributed by atoms with E-state index in [0.717, 1.165) is 41.5 Å². The predicted octanol–water partition coefficient (Wildman–Crippen LogP) is 3.65. The van der Waals surface area contributed by atoms with E-state index in [1.807, 2.05) is 51.0 Å². The van der Waals surface area contributed by atoms with Crippen molar-refractivity contribution in [1.82, 2.24) is 24.1 Å². The molecule has 1 aromatic carbocycles. The molecule has 9 heteroatoms. The van der Waals surface area contributed by atoms with E-state index in [1.54, 1.807) is 37.4 Å². The lowest BCUT2D eigenvalue weighted by molar-refractivity contribution is -0.134. The maximum Gasteiger partial charge on any atom is 0.239 e. The second kappa shape index (κ2) is 8.71. The normalized spacial score (nSPS) is 16.7. The Morgan fingerprint density at radius 1 is 1.30 bits per heavy atom. The van der Waals surface area contributed by atoms with Crippen LogP contribution < -0.4 is 4.74 Å². The summed E-state index contributed by atoms with van der Waals surface area (Å²) in [5.74, 6) is 1.63. The van der Waals surface area contributed by atoms with Gasteiger partial charge in [0.1, 0.15) is 5.75 Å². The molecule has 1 aliphatic rings. The number of benzene rings is 1. The van der Waals surface area contributed by atoms with Crippen LogP contribution in [0, 0.1) is 4.77 Å². The van der Waals surface area contributed by atoms with Crippen LogP contribution in [0.5, 0.6) is 5.75 Å². The van der Waals surface area contributed by atoms with E-state index in [2.05, 4.69) is 4.90 Å². The lowest BCUT2D eigenvalue weighted by Crippen LogP contribution is -2.43. The van der Waals surface area contributed by atoms with Crippen molar-refractivity contribution in [3.05, 3.63) is 46.5 Å². The molecule has 0 bridgehead atoms.